The number of carboxylic acids is 1. The Morgan fingerprint density at radius 2 is 1.90 bits per heavy atom. The van der Waals surface area contributed by atoms with Crippen LogP contribution in [0.4, 0.5) is 0 Å². The van der Waals surface area contributed by atoms with Crippen LogP contribution in [0, 0.1) is 4.78 Å². The second kappa shape index (κ2) is 8.01. The van der Waals surface area contributed by atoms with E-state index in [1.54, 1.807) is 0 Å². The van der Waals surface area contributed by atoms with Gasteiger partial charge in [0.15, 0.2) is 0 Å². The van der Waals surface area contributed by atoms with E-state index < -0.39 is 21.7 Å². The topological polar surface area (TPSA) is 104 Å². The Morgan fingerprint density at radius 3 is 2.50 bits per heavy atom. The summed E-state index contributed by atoms with van der Waals surface area (Å²) in [5, 5.41) is 8.64. The summed E-state index contributed by atoms with van der Waals surface area (Å²) in [6, 6.07) is 9.00. The molecule has 2 atom stereocenters. The molecule has 4 N–H and O–H groups in total. The zero-order valence-corrected chi connectivity index (χ0v) is 12.3. The molecule has 0 fully saturated rings. The molecule has 0 aliphatic rings. The summed E-state index contributed by atoms with van der Waals surface area (Å²) in [5.74, 6) is -0.734. The molecule has 1 aromatic rings. The van der Waals surface area contributed by atoms with Crippen molar-refractivity contribution in [3.05, 3.63) is 35.9 Å². The van der Waals surface area contributed by atoms with Crippen molar-refractivity contribution in [3.8, 4) is 0 Å². The van der Waals surface area contributed by atoms with Gasteiger partial charge in [0.1, 0.15) is 6.04 Å². The summed E-state index contributed by atoms with van der Waals surface area (Å²) in [6.07, 6.45) is 2.59. The molecule has 6 heteroatoms. The summed E-state index contributed by atoms with van der Waals surface area (Å²) >= 11 is 0. The number of hydrogen-bond acceptors (Lipinski definition) is 4. The third-order valence-corrected chi connectivity index (χ3v) is 4.95. The molecule has 0 amide bonds. The van der Waals surface area contributed by atoms with Gasteiger partial charge in [-0.05, 0) is 31.2 Å². The van der Waals surface area contributed by atoms with Crippen molar-refractivity contribution in [3.63, 3.8) is 0 Å². The van der Waals surface area contributed by atoms with Gasteiger partial charge in [-0.2, -0.15) is 0 Å². The van der Waals surface area contributed by atoms with Crippen LogP contribution in [0.15, 0.2) is 30.3 Å². The third kappa shape index (κ3) is 6.68. The highest BCUT2D eigenvalue weighted by atomic mass is 32.2. The molecule has 1 aromatic carbocycles. The first kappa shape index (κ1) is 16.7. The molecule has 1 rings (SSSR count). The van der Waals surface area contributed by atoms with E-state index >= 15 is 0 Å². The summed E-state index contributed by atoms with van der Waals surface area (Å²) < 4.78 is 19.7. The number of rotatable bonds is 9. The van der Waals surface area contributed by atoms with Crippen LogP contribution in [-0.4, -0.2) is 32.8 Å². The van der Waals surface area contributed by atoms with Gasteiger partial charge >= 0.3 is 5.97 Å². The summed E-state index contributed by atoms with van der Waals surface area (Å²) in [6.45, 7) is 0. The predicted octanol–water partition coefficient (Wildman–Crippen LogP) is 1.86. The number of nitrogens with one attached hydrogen (secondary N) is 1. The number of aryl methyl sites for hydroxylation is 1. The van der Waals surface area contributed by atoms with E-state index in [0.717, 1.165) is 12.8 Å². The van der Waals surface area contributed by atoms with Gasteiger partial charge in [-0.25, -0.2) is 4.21 Å². The summed E-state index contributed by atoms with van der Waals surface area (Å²) in [4.78, 5) is 10.6. The lowest BCUT2D eigenvalue weighted by atomic mass is 10.1. The van der Waals surface area contributed by atoms with Gasteiger partial charge in [0.2, 0.25) is 0 Å². The van der Waals surface area contributed by atoms with Gasteiger partial charge in [0, 0.05) is 21.2 Å². The molecule has 0 radical (unpaired) electrons. The number of nitrogens with two attached hydrogens (primary N) is 1. The SMILES string of the molecule is N=S(=O)(CCCCc1ccccc1)CC[C@H](N)C(=O)O. The molecule has 0 aliphatic carbocycles. The molecule has 20 heavy (non-hydrogen) atoms. The van der Waals surface area contributed by atoms with Crippen molar-refractivity contribution >= 4 is 15.7 Å². The van der Waals surface area contributed by atoms with Gasteiger partial charge in [0.05, 0.1) is 0 Å². The minimum Gasteiger partial charge on any atom is -0.480 e. The second-order valence-corrected chi connectivity index (χ2v) is 7.34. The van der Waals surface area contributed by atoms with Crippen LogP contribution < -0.4 is 5.73 Å². The fourth-order valence-electron chi connectivity index (χ4n) is 1.85. The van der Waals surface area contributed by atoms with Crippen LogP contribution in [0.25, 0.3) is 0 Å². The molecule has 0 spiro atoms. The van der Waals surface area contributed by atoms with Gasteiger partial charge in [-0.3, -0.25) is 9.57 Å². The van der Waals surface area contributed by atoms with Gasteiger partial charge in [-0.15, -0.1) is 0 Å². The molecular formula is C14H22N2O3S. The maximum atomic E-state index is 11.9. The van der Waals surface area contributed by atoms with Gasteiger partial charge in [-0.1, -0.05) is 30.3 Å². The maximum Gasteiger partial charge on any atom is 0.320 e. The van der Waals surface area contributed by atoms with Crippen LogP contribution in [0.2, 0.25) is 0 Å². The fraction of sp³-hybridized carbons (Fsp3) is 0.500. The largest absolute Gasteiger partial charge is 0.480 e. The van der Waals surface area contributed by atoms with Crippen molar-refractivity contribution in [2.45, 2.75) is 31.7 Å². The number of unbranched alkanes of at least 4 members (excludes halogenated alkanes) is 1. The van der Waals surface area contributed by atoms with Crippen molar-refractivity contribution in [1.82, 2.24) is 0 Å². The van der Waals surface area contributed by atoms with Crippen LogP contribution in [0.1, 0.15) is 24.8 Å². The standard InChI is InChI=1S/C14H22N2O3S/c15-13(14(17)18)9-11-20(16,19)10-5-4-8-12-6-2-1-3-7-12/h1-3,6-7,13,16H,4-5,8-11,15H2,(H,17,18)/t13-,20?/m0/s1. The Balaban J connectivity index is 2.24. The summed E-state index contributed by atoms with van der Waals surface area (Å²) in [5.41, 5.74) is 6.58. The Labute approximate surface area is 120 Å². The normalized spacial score (nSPS) is 15.4. The van der Waals surface area contributed by atoms with Crippen molar-refractivity contribution in [2.75, 3.05) is 11.5 Å². The average Bonchev–Trinajstić information content (AvgIpc) is 2.42. The third-order valence-electron chi connectivity index (χ3n) is 3.11. The number of benzene rings is 1. The molecule has 0 bridgehead atoms. The van der Waals surface area contributed by atoms with Crippen LogP contribution >= 0.6 is 0 Å². The zero-order valence-electron chi connectivity index (χ0n) is 11.5. The van der Waals surface area contributed by atoms with Gasteiger partial charge in [0.25, 0.3) is 0 Å². The first-order valence-electron chi connectivity index (χ1n) is 6.67. The number of aliphatic carboxylic acids is 1. The minimum atomic E-state index is -2.71. The van der Waals surface area contributed by atoms with Crippen LogP contribution in [0.3, 0.4) is 0 Å². The lowest BCUT2D eigenvalue weighted by Crippen LogP contribution is -2.32. The van der Waals surface area contributed by atoms with E-state index in [1.807, 2.05) is 30.3 Å². The van der Waals surface area contributed by atoms with E-state index in [0.29, 0.717) is 12.2 Å². The quantitative estimate of drug-likeness (QED) is 0.605. The molecular weight excluding hydrogens is 276 g/mol. The molecule has 0 aliphatic heterocycles. The van der Waals surface area contributed by atoms with Crippen molar-refractivity contribution in [2.24, 2.45) is 5.73 Å². The lowest BCUT2D eigenvalue weighted by molar-refractivity contribution is -0.138. The Bertz CT molecular complexity index is 514. The smallest absolute Gasteiger partial charge is 0.320 e. The monoisotopic (exact) mass is 298 g/mol. The second-order valence-electron chi connectivity index (χ2n) is 4.90. The van der Waals surface area contributed by atoms with Crippen molar-refractivity contribution < 1.29 is 14.1 Å². The van der Waals surface area contributed by atoms with E-state index in [1.165, 1.54) is 5.56 Å². The minimum absolute atomic E-state index is 0.0613. The Morgan fingerprint density at radius 1 is 1.25 bits per heavy atom. The highest BCUT2D eigenvalue weighted by Crippen LogP contribution is 2.07. The number of carboxylic acid groups (broad SMARTS) is 1. The molecule has 0 aromatic heterocycles. The Kier molecular flexibility index (Phi) is 6.67. The van der Waals surface area contributed by atoms with Gasteiger partial charge < -0.3 is 10.8 Å². The highest BCUT2D eigenvalue weighted by Gasteiger charge is 2.15. The van der Waals surface area contributed by atoms with Crippen LogP contribution in [0.5, 0.6) is 0 Å². The number of carbonyl (C=O) groups is 1. The highest BCUT2D eigenvalue weighted by molar-refractivity contribution is 7.92. The maximum absolute atomic E-state index is 11.9. The molecule has 1 unspecified atom stereocenters. The van der Waals surface area contributed by atoms with E-state index in [2.05, 4.69) is 0 Å². The molecule has 0 heterocycles. The molecule has 5 nitrogen and oxygen atoms in total. The average molecular weight is 298 g/mol. The van der Waals surface area contributed by atoms with Crippen LogP contribution in [-0.2, 0) is 20.9 Å². The first-order chi connectivity index (χ1) is 9.41. The molecule has 112 valence electrons. The van der Waals surface area contributed by atoms with Crippen molar-refractivity contribution in [1.29, 1.82) is 4.78 Å². The lowest BCUT2D eigenvalue weighted by Gasteiger charge is -2.09. The zero-order chi connectivity index (χ0) is 15.0. The molecule has 0 saturated carbocycles. The van der Waals surface area contributed by atoms with E-state index in [9.17, 15) is 9.00 Å². The number of hydrogen-bond donors (Lipinski definition) is 3. The summed E-state index contributed by atoms with van der Waals surface area (Å²) in [7, 11) is -2.71. The molecule has 0 saturated heterocycles. The Hall–Kier alpha value is -1.40. The fourth-order valence-corrected chi connectivity index (χ4v) is 3.36. The van der Waals surface area contributed by atoms with E-state index in [-0.39, 0.29) is 12.2 Å². The van der Waals surface area contributed by atoms with E-state index in [4.69, 9.17) is 15.6 Å². The predicted molar refractivity (Wildman–Crippen MR) is 80.2 cm³/mol. The first-order valence-corrected chi connectivity index (χ1v) is 8.57.